The van der Waals surface area contributed by atoms with Gasteiger partial charge in [0.05, 0.1) is 12.8 Å². The summed E-state index contributed by atoms with van der Waals surface area (Å²) in [6, 6.07) is 5.79. The molecule has 1 heterocycles. The quantitative estimate of drug-likeness (QED) is 0.578. The summed E-state index contributed by atoms with van der Waals surface area (Å²) in [4.78, 5) is 12.4. The van der Waals surface area contributed by atoms with Crippen molar-refractivity contribution in [3.05, 3.63) is 23.8 Å². The molecule has 5 heteroatoms. The lowest BCUT2D eigenvalue weighted by atomic mass is 9.91. The number of benzene rings is 1. The van der Waals surface area contributed by atoms with Gasteiger partial charge in [0.1, 0.15) is 18.1 Å². The zero-order valence-corrected chi connectivity index (χ0v) is 10.4. The van der Waals surface area contributed by atoms with E-state index in [1.807, 2.05) is 23.1 Å². The van der Waals surface area contributed by atoms with E-state index in [9.17, 15) is 9.90 Å². The number of likely N-dealkylation sites (tertiary alicyclic amines) is 1. The molecule has 0 aliphatic carbocycles. The van der Waals surface area contributed by atoms with Crippen molar-refractivity contribution in [2.24, 2.45) is 0 Å². The van der Waals surface area contributed by atoms with Gasteiger partial charge in [-0.05, 0) is 17.7 Å². The first-order valence-corrected chi connectivity index (χ1v) is 5.93. The molecule has 1 aliphatic rings. The Labute approximate surface area is 106 Å². The number of rotatable bonds is 5. The summed E-state index contributed by atoms with van der Waals surface area (Å²) in [5.41, 5.74) is 7.58. The molecule has 1 saturated heterocycles. The van der Waals surface area contributed by atoms with Crippen LogP contribution in [0.25, 0.3) is 0 Å². The number of β-amino-alcohol motifs (C(OH)–C–C–N with tert-alkyl or cyclic N) is 1. The van der Waals surface area contributed by atoms with E-state index < -0.39 is 6.10 Å². The Bertz CT molecular complexity index is 430. The largest absolute Gasteiger partial charge is 0.495 e. The van der Waals surface area contributed by atoms with Crippen molar-refractivity contribution in [1.82, 2.24) is 4.90 Å². The first-order chi connectivity index (χ1) is 8.63. The molecule has 0 unspecified atom stereocenters. The number of ether oxygens (including phenoxy) is 1. The van der Waals surface area contributed by atoms with E-state index in [0.29, 0.717) is 30.2 Å². The summed E-state index contributed by atoms with van der Waals surface area (Å²) in [5.74, 6) is 1.11. The van der Waals surface area contributed by atoms with Gasteiger partial charge in [-0.15, -0.1) is 0 Å². The number of hydrogen-bond acceptors (Lipinski definition) is 5. The van der Waals surface area contributed by atoms with E-state index in [1.165, 1.54) is 5.56 Å². The lowest BCUT2D eigenvalue weighted by molar-refractivity contribution is -0.116. The van der Waals surface area contributed by atoms with E-state index in [-0.39, 0.29) is 0 Å². The van der Waals surface area contributed by atoms with Crippen LogP contribution in [0.4, 0.5) is 5.69 Å². The van der Waals surface area contributed by atoms with Crippen LogP contribution in [0.2, 0.25) is 0 Å². The number of hydrogen-bond donors (Lipinski definition) is 2. The first kappa shape index (κ1) is 12.9. The SMILES string of the molecule is COc1cc(C2CN(C[C@H](O)C=O)C2)ccc1N. The Hall–Kier alpha value is -1.59. The van der Waals surface area contributed by atoms with Gasteiger partial charge in [0, 0.05) is 25.6 Å². The van der Waals surface area contributed by atoms with E-state index in [4.69, 9.17) is 10.5 Å². The van der Waals surface area contributed by atoms with Crippen molar-refractivity contribution < 1.29 is 14.6 Å². The molecule has 1 atom stereocenters. The molecule has 1 aliphatic heterocycles. The Morgan fingerprint density at radius 1 is 1.61 bits per heavy atom. The Balaban J connectivity index is 1.93. The number of aldehydes is 1. The normalized spacial score (nSPS) is 18.1. The first-order valence-electron chi connectivity index (χ1n) is 5.93. The second-order valence-corrected chi connectivity index (χ2v) is 4.62. The van der Waals surface area contributed by atoms with Crippen molar-refractivity contribution in [2.75, 3.05) is 32.5 Å². The molecular weight excluding hydrogens is 232 g/mol. The average Bonchev–Trinajstić information content (AvgIpc) is 2.34. The summed E-state index contributed by atoms with van der Waals surface area (Å²) in [7, 11) is 1.60. The van der Waals surface area contributed by atoms with Gasteiger partial charge in [0.2, 0.25) is 0 Å². The van der Waals surface area contributed by atoms with Gasteiger partial charge in [0.25, 0.3) is 0 Å². The van der Waals surface area contributed by atoms with Crippen LogP contribution in [0.15, 0.2) is 18.2 Å². The molecule has 1 aromatic rings. The molecule has 0 radical (unpaired) electrons. The van der Waals surface area contributed by atoms with E-state index in [0.717, 1.165) is 13.1 Å². The predicted molar refractivity (Wildman–Crippen MR) is 68.7 cm³/mol. The van der Waals surface area contributed by atoms with Crippen LogP contribution >= 0.6 is 0 Å². The number of aliphatic hydroxyl groups is 1. The summed E-state index contributed by atoms with van der Waals surface area (Å²) >= 11 is 0. The Morgan fingerprint density at radius 3 is 2.94 bits per heavy atom. The molecular formula is C13H18N2O3. The minimum Gasteiger partial charge on any atom is -0.495 e. The van der Waals surface area contributed by atoms with Gasteiger partial charge in [-0.3, -0.25) is 4.90 Å². The third kappa shape index (κ3) is 2.63. The molecule has 0 aromatic heterocycles. The number of carbonyl (C=O) groups excluding carboxylic acids is 1. The highest BCUT2D eigenvalue weighted by atomic mass is 16.5. The van der Waals surface area contributed by atoms with Gasteiger partial charge in [0.15, 0.2) is 0 Å². The number of aliphatic hydroxyl groups excluding tert-OH is 1. The molecule has 98 valence electrons. The van der Waals surface area contributed by atoms with Gasteiger partial charge in [-0.2, -0.15) is 0 Å². The average molecular weight is 250 g/mol. The fourth-order valence-corrected chi connectivity index (χ4v) is 2.22. The molecule has 0 spiro atoms. The Morgan fingerprint density at radius 2 is 2.33 bits per heavy atom. The van der Waals surface area contributed by atoms with E-state index >= 15 is 0 Å². The monoisotopic (exact) mass is 250 g/mol. The van der Waals surface area contributed by atoms with Gasteiger partial charge in [-0.25, -0.2) is 0 Å². The van der Waals surface area contributed by atoms with Crippen molar-refractivity contribution in [2.45, 2.75) is 12.0 Å². The van der Waals surface area contributed by atoms with Crippen LogP contribution < -0.4 is 10.5 Å². The molecule has 5 nitrogen and oxygen atoms in total. The van der Waals surface area contributed by atoms with Crippen LogP contribution in [0.1, 0.15) is 11.5 Å². The molecule has 0 amide bonds. The Kier molecular flexibility index (Phi) is 3.84. The van der Waals surface area contributed by atoms with E-state index in [1.54, 1.807) is 7.11 Å². The maximum atomic E-state index is 10.3. The lowest BCUT2D eigenvalue weighted by Crippen LogP contribution is -2.48. The lowest BCUT2D eigenvalue weighted by Gasteiger charge is -2.40. The molecule has 18 heavy (non-hydrogen) atoms. The number of nitrogen functional groups attached to an aromatic ring is 1. The van der Waals surface area contributed by atoms with Crippen LogP contribution in [-0.4, -0.2) is 49.1 Å². The highest BCUT2D eigenvalue weighted by Gasteiger charge is 2.29. The third-order valence-electron chi connectivity index (χ3n) is 3.29. The van der Waals surface area contributed by atoms with Gasteiger partial charge in [-0.1, -0.05) is 6.07 Å². The van der Waals surface area contributed by atoms with Crippen molar-refractivity contribution >= 4 is 12.0 Å². The molecule has 1 aromatic carbocycles. The fourth-order valence-electron chi connectivity index (χ4n) is 2.22. The maximum absolute atomic E-state index is 10.3. The minimum absolute atomic E-state index is 0.409. The van der Waals surface area contributed by atoms with Crippen LogP contribution in [0.5, 0.6) is 5.75 Å². The predicted octanol–water partition coefficient (Wildman–Crippen LogP) is 0.236. The molecule has 2 rings (SSSR count). The summed E-state index contributed by atoms with van der Waals surface area (Å²) in [5, 5.41) is 9.22. The number of anilines is 1. The van der Waals surface area contributed by atoms with E-state index in [2.05, 4.69) is 0 Å². The summed E-state index contributed by atoms with van der Waals surface area (Å²) < 4.78 is 5.19. The van der Waals surface area contributed by atoms with Crippen molar-refractivity contribution in [1.29, 1.82) is 0 Å². The smallest absolute Gasteiger partial charge is 0.149 e. The van der Waals surface area contributed by atoms with Gasteiger partial charge >= 0.3 is 0 Å². The highest BCUT2D eigenvalue weighted by molar-refractivity contribution is 5.56. The van der Waals surface area contributed by atoms with Crippen molar-refractivity contribution in [3.63, 3.8) is 0 Å². The van der Waals surface area contributed by atoms with Crippen LogP contribution in [0, 0.1) is 0 Å². The molecule has 3 N–H and O–H groups in total. The molecule has 0 saturated carbocycles. The maximum Gasteiger partial charge on any atom is 0.149 e. The number of methoxy groups -OCH3 is 1. The van der Waals surface area contributed by atoms with Crippen LogP contribution in [0.3, 0.4) is 0 Å². The molecule has 1 fully saturated rings. The molecule has 0 bridgehead atoms. The summed E-state index contributed by atoms with van der Waals surface area (Å²) in [6.45, 7) is 2.10. The second kappa shape index (κ2) is 5.37. The number of carbonyl (C=O) groups is 1. The minimum atomic E-state index is -0.882. The van der Waals surface area contributed by atoms with Gasteiger partial charge < -0.3 is 20.4 Å². The fraction of sp³-hybridized carbons (Fsp3) is 0.462. The number of nitrogens with zero attached hydrogens (tertiary/aromatic N) is 1. The van der Waals surface area contributed by atoms with Crippen molar-refractivity contribution in [3.8, 4) is 5.75 Å². The number of nitrogens with two attached hydrogens (primary N) is 1. The zero-order chi connectivity index (χ0) is 13.1. The third-order valence-corrected chi connectivity index (χ3v) is 3.29. The zero-order valence-electron chi connectivity index (χ0n) is 10.4. The standard InChI is InChI=1S/C13H18N2O3/c1-18-13-4-9(2-3-12(13)14)10-5-15(6-10)7-11(17)8-16/h2-4,8,10-11,17H,5-7,14H2,1H3/t11-/m0/s1. The highest BCUT2D eigenvalue weighted by Crippen LogP contribution is 2.31. The topological polar surface area (TPSA) is 75.8 Å². The second-order valence-electron chi connectivity index (χ2n) is 4.62. The summed E-state index contributed by atoms with van der Waals surface area (Å²) in [6.07, 6.45) is -0.313. The van der Waals surface area contributed by atoms with Crippen LogP contribution in [-0.2, 0) is 4.79 Å².